The van der Waals surface area contributed by atoms with Gasteiger partial charge in [0, 0.05) is 24.2 Å². The number of nitrogens with zero attached hydrogens (tertiary/aromatic N) is 1. The highest BCUT2D eigenvalue weighted by Crippen LogP contribution is 2.40. The minimum absolute atomic E-state index is 0.119. The molecule has 158 valence electrons. The summed E-state index contributed by atoms with van der Waals surface area (Å²) in [4.78, 5) is 50.3. The second-order valence-electron chi connectivity index (χ2n) is 9.01. The highest BCUT2D eigenvalue weighted by molar-refractivity contribution is 6.23. The van der Waals surface area contributed by atoms with Gasteiger partial charge in [-0.25, -0.2) is 0 Å². The van der Waals surface area contributed by atoms with Crippen LogP contribution in [-0.4, -0.2) is 53.2 Å². The molecule has 4 aliphatic rings. The number of benzene rings is 1. The van der Waals surface area contributed by atoms with E-state index < -0.39 is 23.8 Å². The van der Waals surface area contributed by atoms with E-state index in [1.165, 1.54) is 25.7 Å². The molecule has 4 amide bonds. The number of imide groups is 2. The standard InChI is InChI=1S/C22H26N4O4/c27-18-5-4-17(19(28)25-18)26-20(29)15-3-2-14(10-16(15)21(26)30)23-12-13-6-9-24-22(11-13)7-1-8-22/h2-3,10,13,17,23-24H,1,4-9,11-12H2,(H,25,27,28). The van der Waals surface area contributed by atoms with Crippen LogP contribution in [0.4, 0.5) is 5.69 Å². The van der Waals surface area contributed by atoms with Gasteiger partial charge in [-0.2, -0.15) is 0 Å². The number of nitrogens with one attached hydrogen (secondary N) is 3. The van der Waals surface area contributed by atoms with Crippen LogP contribution in [0.15, 0.2) is 18.2 Å². The Balaban J connectivity index is 1.28. The van der Waals surface area contributed by atoms with Crippen LogP contribution in [0.5, 0.6) is 0 Å². The van der Waals surface area contributed by atoms with Crippen molar-refractivity contribution in [3.8, 4) is 0 Å². The Morgan fingerprint density at radius 1 is 1.07 bits per heavy atom. The predicted molar refractivity (Wildman–Crippen MR) is 109 cm³/mol. The largest absolute Gasteiger partial charge is 0.385 e. The Labute approximate surface area is 174 Å². The molecule has 1 aromatic rings. The Kier molecular flexibility index (Phi) is 4.61. The number of carbonyl (C=O) groups excluding carboxylic acids is 4. The summed E-state index contributed by atoms with van der Waals surface area (Å²) in [7, 11) is 0. The Morgan fingerprint density at radius 3 is 2.60 bits per heavy atom. The fourth-order valence-corrected chi connectivity index (χ4v) is 5.27. The third kappa shape index (κ3) is 3.19. The fraction of sp³-hybridized carbons (Fsp3) is 0.545. The summed E-state index contributed by atoms with van der Waals surface area (Å²) in [5, 5.41) is 9.34. The van der Waals surface area contributed by atoms with E-state index in [1.807, 2.05) is 6.07 Å². The third-order valence-electron chi connectivity index (χ3n) is 7.08. The lowest BCUT2D eigenvalue weighted by molar-refractivity contribution is -0.136. The smallest absolute Gasteiger partial charge is 0.262 e. The van der Waals surface area contributed by atoms with Crippen LogP contribution in [0.3, 0.4) is 0 Å². The molecule has 1 aliphatic carbocycles. The van der Waals surface area contributed by atoms with Crippen molar-refractivity contribution in [3.63, 3.8) is 0 Å². The Bertz CT molecular complexity index is 939. The third-order valence-corrected chi connectivity index (χ3v) is 7.08. The minimum atomic E-state index is -0.931. The molecule has 0 bridgehead atoms. The predicted octanol–water partition coefficient (Wildman–Crippen LogP) is 1.42. The Morgan fingerprint density at radius 2 is 1.87 bits per heavy atom. The van der Waals surface area contributed by atoms with Crippen molar-refractivity contribution in [1.29, 1.82) is 0 Å². The quantitative estimate of drug-likeness (QED) is 0.648. The van der Waals surface area contributed by atoms with Crippen molar-refractivity contribution < 1.29 is 19.2 Å². The van der Waals surface area contributed by atoms with Gasteiger partial charge in [-0.15, -0.1) is 0 Å². The number of hydrogen-bond donors (Lipinski definition) is 3. The summed E-state index contributed by atoms with van der Waals surface area (Å²) in [5.74, 6) is -1.32. The number of fused-ring (bicyclic) bond motifs is 1. The minimum Gasteiger partial charge on any atom is -0.385 e. The molecule has 0 radical (unpaired) electrons. The van der Waals surface area contributed by atoms with Gasteiger partial charge < -0.3 is 10.6 Å². The van der Waals surface area contributed by atoms with Gasteiger partial charge in [-0.05, 0) is 69.2 Å². The summed E-state index contributed by atoms with van der Waals surface area (Å²) >= 11 is 0. The molecule has 0 aromatic heterocycles. The van der Waals surface area contributed by atoms with Crippen LogP contribution < -0.4 is 16.0 Å². The zero-order valence-electron chi connectivity index (χ0n) is 16.8. The van der Waals surface area contributed by atoms with Crippen molar-refractivity contribution in [2.75, 3.05) is 18.4 Å². The fourth-order valence-electron chi connectivity index (χ4n) is 5.27. The van der Waals surface area contributed by atoms with Gasteiger partial charge in [0.15, 0.2) is 0 Å². The maximum absolute atomic E-state index is 12.9. The molecule has 3 heterocycles. The van der Waals surface area contributed by atoms with Crippen molar-refractivity contribution in [2.24, 2.45) is 5.92 Å². The summed E-state index contributed by atoms with van der Waals surface area (Å²) in [5.41, 5.74) is 1.77. The molecule has 2 unspecified atom stereocenters. The number of anilines is 1. The zero-order valence-corrected chi connectivity index (χ0v) is 16.8. The van der Waals surface area contributed by atoms with Crippen LogP contribution in [0.1, 0.15) is 65.7 Å². The van der Waals surface area contributed by atoms with Crippen molar-refractivity contribution in [2.45, 2.75) is 56.5 Å². The van der Waals surface area contributed by atoms with Gasteiger partial charge in [0.25, 0.3) is 11.8 Å². The van der Waals surface area contributed by atoms with Crippen molar-refractivity contribution >= 4 is 29.3 Å². The van der Waals surface area contributed by atoms with E-state index in [2.05, 4.69) is 16.0 Å². The van der Waals surface area contributed by atoms with Crippen LogP contribution in [-0.2, 0) is 9.59 Å². The van der Waals surface area contributed by atoms with Crippen LogP contribution in [0, 0.1) is 5.92 Å². The van der Waals surface area contributed by atoms with E-state index in [0.717, 1.165) is 30.1 Å². The van der Waals surface area contributed by atoms with E-state index in [1.54, 1.807) is 12.1 Å². The lowest BCUT2D eigenvalue weighted by Crippen LogP contribution is -2.56. The van der Waals surface area contributed by atoms with E-state index in [-0.39, 0.29) is 18.7 Å². The number of piperidine rings is 2. The van der Waals surface area contributed by atoms with Crippen molar-refractivity contribution in [1.82, 2.24) is 15.5 Å². The molecule has 3 fully saturated rings. The topological polar surface area (TPSA) is 108 Å². The average Bonchev–Trinajstić information content (AvgIpc) is 2.96. The molecule has 1 aromatic carbocycles. The maximum atomic E-state index is 12.9. The summed E-state index contributed by atoms with van der Waals surface area (Å²) in [6, 6.07) is 4.25. The first-order chi connectivity index (χ1) is 14.5. The number of rotatable bonds is 4. The molecule has 30 heavy (non-hydrogen) atoms. The molecule has 1 spiro atoms. The van der Waals surface area contributed by atoms with Crippen molar-refractivity contribution in [3.05, 3.63) is 29.3 Å². The van der Waals surface area contributed by atoms with Gasteiger partial charge in [0.1, 0.15) is 6.04 Å². The van der Waals surface area contributed by atoms with Gasteiger partial charge >= 0.3 is 0 Å². The SMILES string of the molecule is O=C1CCC(N2C(=O)c3ccc(NCC4CCNC5(CCC5)C4)cc3C2=O)C(=O)N1. The molecule has 3 N–H and O–H groups in total. The first-order valence-electron chi connectivity index (χ1n) is 10.8. The number of hydrogen-bond acceptors (Lipinski definition) is 6. The first kappa shape index (κ1) is 19.2. The molecule has 3 aliphatic heterocycles. The van der Waals surface area contributed by atoms with Crippen LogP contribution >= 0.6 is 0 Å². The van der Waals surface area contributed by atoms with E-state index >= 15 is 0 Å². The highest BCUT2D eigenvalue weighted by atomic mass is 16.2. The maximum Gasteiger partial charge on any atom is 0.262 e. The van der Waals surface area contributed by atoms with Crippen LogP contribution in [0.2, 0.25) is 0 Å². The summed E-state index contributed by atoms with van der Waals surface area (Å²) in [6.07, 6.45) is 6.40. The second kappa shape index (κ2) is 7.19. The van der Waals surface area contributed by atoms with Crippen LogP contribution in [0.25, 0.3) is 0 Å². The molecule has 8 heteroatoms. The lowest BCUT2D eigenvalue weighted by Gasteiger charge is -2.48. The first-order valence-corrected chi connectivity index (χ1v) is 10.8. The highest BCUT2D eigenvalue weighted by Gasteiger charge is 2.45. The zero-order chi connectivity index (χ0) is 20.9. The van der Waals surface area contributed by atoms with Gasteiger partial charge in [-0.1, -0.05) is 0 Å². The number of carbonyl (C=O) groups is 4. The van der Waals surface area contributed by atoms with Gasteiger partial charge in [-0.3, -0.25) is 29.4 Å². The Hall–Kier alpha value is -2.74. The molecule has 5 rings (SSSR count). The second-order valence-corrected chi connectivity index (χ2v) is 9.01. The van der Waals surface area contributed by atoms with E-state index in [0.29, 0.717) is 22.6 Å². The molecule has 8 nitrogen and oxygen atoms in total. The van der Waals surface area contributed by atoms with E-state index in [4.69, 9.17) is 0 Å². The molecular weight excluding hydrogens is 384 g/mol. The number of amides is 4. The van der Waals surface area contributed by atoms with Gasteiger partial charge in [0.2, 0.25) is 11.8 Å². The van der Waals surface area contributed by atoms with E-state index in [9.17, 15) is 19.2 Å². The molecule has 2 atom stereocenters. The molecular formula is C22H26N4O4. The average molecular weight is 410 g/mol. The monoisotopic (exact) mass is 410 g/mol. The summed E-state index contributed by atoms with van der Waals surface area (Å²) in [6.45, 7) is 1.88. The van der Waals surface area contributed by atoms with Gasteiger partial charge in [0.05, 0.1) is 11.1 Å². The molecule has 2 saturated heterocycles. The lowest BCUT2D eigenvalue weighted by atomic mass is 9.68. The summed E-state index contributed by atoms with van der Waals surface area (Å²) < 4.78 is 0. The normalized spacial score (nSPS) is 27.7. The molecule has 1 saturated carbocycles.